The molecule has 1 saturated carbocycles. The fraction of sp³-hybridized carbons (Fsp3) is 0.385. The summed E-state index contributed by atoms with van der Waals surface area (Å²) in [6, 6.07) is 8.22. The number of carbonyl (C=O) groups is 2. The zero-order valence-electron chi connectivity index (χ0n) is 9.94. The summed E-state index contributed by atoms with van der Waals surface area (Å²) in [4.78, 5) is 24.1. The van der Waals surface area contributed by atoms with E-state index >= 15 is 0 Å². The van der Waals surface area contributed by atoms with Gasteiger partial charge in [-0.15, -0.1) is 0 Å². The van der Waals surface area contributed by atoms with Gasteiger partial charge in [0.05, 0.1) is 6.42 Å². The van der Waals surface area contributed by atoms with Crippen molar-refractivity contribution < 1.29 is 9.59 Å². The van der Waals surface area contributed by atoms with Gasteiger partial charge in [0, 0.05) is 12.8 Å². The van der Waals surface area contributed by atoms with Crippen LogP contribution in [0.4, 0.5) is 0 Å². The maximum absolute atomic E-state index is 11.4. The SMILES string of the molecule is CBSc1cccc(C2CC(=O)CC(=O)C2)c1. The van der Waals surface area contributed by atoms with Crippen LogP contribution < -0.4 is 0 Å². The Bertz CT molecular complexity index is 429. The lowest BCUT2D eigenvalue weighted by molar-refractivity contribution is -0.130. The predicted octanol–water partition coefficient (Wildman–Crippen LogP) is 2.58. The van der Waals surface area contributed by atoms with Crippen molar-refractivity contribution in [3.8, 4) is 0 Å². The molecule has 17 heavy (non-hydrogen) atoms. The van der Waals surface area contributed by atoms with Gasteiger partial charge in [-0.25, -0.2) is 0 Å². The highest BCUT2D eigenvalue weighted by atomic mass is 32.2. The average molecular weight is 246 g/mol. The number of ketones is 2. The first kappa shape index (κ1) is 12.4. The van der Waals surface area contributed by atoms with Crippen LogP contribution in [0.5, 0.6) is 0 Å². The van der Waals surface area contributed by atoms with E-state index in [1.54, 1.807) is 11.6 Å². The minimum Gasteiger partial charge on any atom is -0.299 e. The molecular formula is C13H15BO2S. The van der Waals surface area contributed by atoms with Crippen molar-refractivity contribution in [1.82, 2.24) is 0 Å². The van der Waals surface area contributed by atoms with Crippen molar-refractivity contribution in [3.63, 3.8) is 0 Å². The van der Waals surface area contributed by atoms with Crippen LogP contribution in [0.25, 0.3) is 0 Å². The number of hydrogen-bond donors (Lipinski definition) is 0. The van der Waals surface area contributed by atoms with E-state index in [4.69, 9.17) is 0 Å². The number of rotatable bonds is 3. The van der Waals surface area contributed by atoms with Gasteiger partial charge < -0.3 is 0 Å². The van der Waals surface area contributed by atoms with Crippen molar-refractivity contribution in [1.29, 1.82) is 0 Å². The normalized spacial score (nSPS) is 17.2. The predicted molar refractivity (Wildman–Crippen MR) is 71.9 cm³/mol. The lowest BCUT2D eigenvalue weighted by Crippen LogP contribution is -2.21. The summed E-state index contributed by atoms with van der Waals surface area (Å²) >= 11 is 1.79. The molecule has 0 amide bonds. The van der Waals surface area contributed by atoms with E-state index in [1.165, 1.54) is 4.90 Å². The molecule has 1 fully saturated rings. The molecule has 0 bridgehead atoms. The topological polar surface area (TPSA) is 34.1 Å². The van der Waals surface area contributed by atoms with Gasteiger partial charge in [0.15, 0.2) is 6.56 Å². The maximum Gasteiger partial charge on any atom is 0.195 e. The Hall–Kier alpha value is -1.03. The van der Waals surface area contributed by atoms with Crippen LogP contribution >= 0.6 is 11.6 Å². The highest BCUT2D eigenvalue weighted by Crippen LogP contribution is 2.31. The smallest absolute Gasteiger partial charge is 0.195 e. The average Bonchev–Trinajstić information content (AvgIpc) is 2.28. The van der Waals surface area contributed by atoms with E-state index in [0.29, 0.717) is 12.8 Å². The standard InChI is InChI=1S/C13H15BO2S/c1-14-17-13-4-2-3-9(7-13)10-5-11(15)8-12(16)6-10/h2-4,7,10,14H,5-6,8H2,1H3. The summed E-state index contributed by atoms with van der Waals surface area (Å²) in [6.07, 6.45) is 1.18. The monoisotopic (exact) mass is 246 g/mol. The van der Waals surface area contributed by atoms with Gasteiger partial charge in [-0.1, -0.05) is 19.0 Å². The van der Waals surface area contributed by atoms with Crippen molar-refractivity contribution >= 4 is 29.7 Å². The molecule has 2 nitrogen and oxygen atoms in total. The molecule has 1 aliphatic carbocycles. The summed E-state index contributed by atoms with van der Waals surface area (Å²) in [5.74, 6) is 0.265. The van der Waals surface area contributed by atoms with Gasteiger partial charge >= 0.3 is 0 Å². The summed E-state index contributed by atoms with van der Waals surface area (Å²) in [5, 5.41) is 0. The second-order valence-electron chi connectivity index (χ2n) is 4.36. The first-order chi connectivity index (χ1) is 8.19. The first-order valence-electron chi connectivity index (χ1n) is 5.95. The third-order valence-electron chi connectivity index (χ3n) is 2.98. The van der Waals surface area contributed by atoms with E-state index in [9.17, 15) is 9.59 Å². The third-order valence-corrected chi connectivity index (χ3v) is 3.86. The summed E-state index contributed by atoms with van der Waals surface area (Å²) < 4.78 is 0. The van der Waals surface area contributed by atoms with Crippen LogP contribution in [0.1, 0.15) is 30.7 Å². The fourth-order valence-corrected chi connectivity index (χ4v) is 2.97. The number of hydrogen-bond acceptors (Lipinski definition) is 3. The van der Waals surface area contributed by atoms with Crippen molar-refractivity contribution in [2.24, 2.45) is 0 Å². The lowest BCUT2D eigenvalue weighted by Gasteiger charge is -2.20. The molecule has 88 valence electrons. The minimum absolute atomic E-state index is 0.0831. The molecule has 1 aromatic carbocycles. The van der Waals surface area contributed by atoms with E-state index in [1.807, 2.05) is 12.1 Å². The molecule has 2 rings (SSSR count). The highest BCUT2D eigenvalue weighted by molar-refractivity contribution is 8.22. The van der Waals surface area contributed by atoms with Crippen LogP contribution in [0.3, 0.4) is 0 Å². The Morgan fingerprint density at radius 2 is 1.94 bits per heavy atom. The molecule has 0 aromatic heterocycles. The third kappa shape index (κ3) is 3.22. The fourth-order valence-electron chi connectivity index (χ4n) is 2.25. The van der Waals surface area contributed by atoms with Gasteiger partial charge in [-0.3, -0.25) is 9.59 Å². The molecule has 1 aromatic rings. The van der Waals surface area contributed by atoms with Gasteiger partial charge in [0.1, 0.15) is 11.6 Å². The summed E-state index contributed by atoms with van der Waals surface area (Å²) in [6.45, 7) is 3.15. The molecule has 0 radical (unpaired) electrons. The van der Waals surface area contributed by atoms with Gasteiger partial charge in [-0.05, 0) is 28.5 Å². The number of Topliss-reactive ketones (excluding diaryl/α,β-unsaturated/α-hetero) is 2. The zero-order valence-corrected chi connectivity index (χ0v) is 10.8. The molecule has 0 saturated heterocycles. The lowest BCUT2D eigenvalue weighted by atomic mass is 9.83. The van der Waals surface area contributed by atoms with Crippen LogP contribution in [-0.2, 0) is 9.59 Å². The zero-order chi connectivity index (χ0) is 12.3. The molecule has 0 unspecified atom stereocenters. The Morgan fingerprint density at radius 1 is 1.24 bits per heavy atom. The van der Waals surface area contributed by atoms with Crippen LogP contribution in [0, 0.1) is 0 Å². The van der Waals surface area contributed by atoms with Gasteiger partial charge in [0.2, 0.25) is 0 Å². The molecular weight excluding hydrogens is 231 g/mol. The van der Waals surface area contributed by atoms with E-state index < -0.39 is 0 Å². The maximum atomic E-state index is 11.4. The molecule has 0 atom stereocenters. The van der Waals surface area contributed by atoms with Crippen LogP contribution in [0.15, 0.2) is 29.2 Å². The molecule has 4 heteroatoms. The quantitative estimate of drug-likeness (QED) is 0.607. The van der Waals surface area contributed by atoms with Crippen molar-refractivity contribution in [2.75, 3.05) is 0 Å². The highest BCUT2D eigenvalue weighted by Gasteiger charge is 2.26. The van der Waals surface area contributed by atoms with Crippen LogP contribution in [0.2, 0.25) is 6.82 Å². The molecule has 0 aliphatic heterocycles. The summed E-state index contributed by atoms with van der Waals surface area (Å²) in [7, 11) is 0. The van der Waals surface area contributed by atoms with Crippen molar-refractivity contribution in [3.05, 3.63) is 29.8 Å². The Balaban J connectivity index is 2.18. The number of benzene rings is 1. The van der Waals surface area contributed by atoms with E-state index in [0.717, 1.165) is 12.1 Å². The molecule has 0 spiro atoms. The molecule has 1 aliphatic rings. The number of carbonyl (C=O) groups excluding carboxylic acids is 2. The van der Waals surface area contributed by atoms with Gasteiger partial charge in [-0.2, -0.15) is 11.6 Å². The van der Waals surface area contributed by atoms with E-state index in [-0.39, 0.29) is 23.9 Å². The Labute approximate surface area is 106 Å². The van der Waals surface area contributed by atoms with E-state index in [2.05, 4.69) is 19.0 Å². The second kappa shape index (κ2) is 5.54. The Morgan fingerprint density at radius 3 is 2.59 bits per heavy atom. The second-order valence-corrected chi connectivity index (χ2v) is 5.70. The van der Waals surface area contributed by atoms with Crippen molar-refractivity contribution in [2.45, 2.75) is 36.9 Å². The van der Waals surface area contributed by atoms with Crippen LogP contribution in [-0.4, -0.2) is 18.1 Å². The molecule has 0 N–H and O–H groups in total. The van der Waals surface area contributed by atoms with Gasteiger partial charge in [0.25, 0.3) is 0 Å². The largest absolute Gasteiger partial charge is 0.299 e. The molecule has 0 heterocycles. The first-order valence-corrected chi connectivity index (χ1v) is 6.93. The minimum atomic E-state index is 0.0831. The Kier molecular flexibility index (Phi) is 4.05. The summed E-state index contributed by atoms with van der Waals surface area (Å²) in [5.41, 5.74) is 1.13.